The Morgan fingerprint density at radius 3 is 2.50 bits per heavy atom. The first-order chi connectivity index (χ1) is 6.42. The third-order valence-corrected chi connectivity index (χ3v) is 1.35. The van der Waals surface area contributed by atoms with Crippen molar-refractivity contribution < 1.29 is 27.8 Å². The van der Waals surface area contributed by atoms with Gasteiger partial charge in [-0.1, -0.05) is 0 Å². The highest BCUT2D eigenvalue weighted by molar-refractivity contribution is 5.79. The van der Waals surface area contributed by atoms with Crippen LogP contribution in [0.3, 0.4) is 0 Å². The Morgan fingerprint density at radius 2 is 2.00 bits per heavy atom. The molecule has 0 saturated carbocycles. The number of aromatic hydroxyl groups is 1. The average Bonchev–Trinajstić information content (AvgIpc) is 2.01. The van der Waals surface area contributed by atoms with E-state index in [4.69, 9.17) is 5.11 Å². The van der Waals surface area contributed by atoms with Gasteiger partial charge in [0.2, 0.25) is 0 Å². The van der Waals surface area contributed by atoms with Gasteiger partial charge in [-0.05, 0) is 12.1 Å². The van der Waals surface area contributed by atoms with Crippen LogP contribution in [-0.2, 0) is 0 Å². The highest BCUT2D eigenvalue weighted by Gasteiger charge is 2.32. The van der Waals surface area contributed by atoms with Crippen LogP contribution < -0.4 is 4.74 Å². The summed E-state index contributed by atoms with van der Waals surface area (Å²) in [5.41, 5.74) is -0.278. The second-order valence-electron chi connectivity index (χ2n) is 2.39. The Bertz CT molecular complexity index is 346. The highest BCUT2D eigenvalue weighted by atomic mass is 19.4. The molecule has 14 heavy (non-hydrogen) atoms. The molecule has 0 atom stereocenters. The number of rotatable bonds is 2. The first kappa shape index (κ1) is 10.4. The fraction of sp³-hybridized carbons (Fsp3) is 0.125. The normalized spacial score (nSPS) is 11.1. The summed E-state index contributed by atoms with van der Waals surface area (Å²) < 4.78 is 38.8. The van der Waals surface area contributed by atoms with Gasteiger partial charge in [0.05, 0.1) is 5.56 Å². The van der Waals surface area contributed by atoms with E-state index in [0.717, 1.165) is 18.2 Å². The van der Waals surface area contributed by atoms with Gasteiger partial charge in [-0.15, -0.1) is 13.2 Å². The summed E-state index contributed by atoms with van der Waals surface area (Å²) in [5.74, 6) is -1.12. The molecule has 0 aliphatic rings. The number of hydrogen-bond donors (Lipinski definition) is 1. The van der Waals surface area contributed by atoms with Crippen LogP contribution in [-0.4, -0.2) is 17.8 Å². The molecule has 1 aromatic carbocycles. The lowest BCUT2D eigenvalue weighted by Gasteiger charge is -2.10. The molecule has 76 valence electrons. The van der Waals surface area contributed by atoms with Crippen LogP contribution in [0.25, 0.3) is 0 Å². The fourth-order valence-electron chi connectivity index (χ4n) is 0.833. The summed E-state index contributed by atoms with van der Waals surface area (Å²) in [7, 11) is 0. The van der Waals surface area contributed by atoms with Crippen molar-refractivity contribution in [2.75, 3.05) is 0 Å². The van der Waals surface area contributed by atoms with Crippen LogP contribution in [0, 0.1) is 0 Å². The van der Waals surface area contributed by atoms with Crippen LogP contribution in [0.1, 0.15) is 10.4 Å². The van der Waals surface area contributed by atoms with Gasteiger partial charge in [0.15, 0.2) is 6.29 Å². The SMILES string of the molecule is O=Cc1ccc(O)cc1OC(F)(F)F. The summed E-state index contributed by atoms with van der Waals surface area (Å²) >= 11 is 0. The van der Waals surface area contributed by atoms with Crippen molar-refractivity contribution in [2.24, 2.45) is 0 Å². The van der Waals surface area contributed by atoms with Gasteiger partial charge >= 0.3 is 6.36 Å². The number of ether oxygens (including phenoxy) is 1. The zero-order valence-electron chi connectivity index (χ0n) is 6.71. The molecule has 0 bridgehead atoms. The Morgan fingerprint density at radius 1 is 1.36 bits per heavy atom. The van der Waals surface area contributed by atoms with Crippen molar-refractivity contribution in [2.45, 2.75) is 6.36 Å². The first-order valence-corrected chi connectivity index (χ1v) is 3.46. The minimum absolute atomic E-state index is 0.209. The van der Waals surface area contributed by atoms with E-state index in [2.05, 4.69) is 4.74 Å². The smallest absolute Gasteiger partial charge is 0.508 e. The van der Waals surface area contributed by atoms with Crippen molar-refractivity contribution in [3.63, 3.8) is 0 Å². The monoisotopic (exact) mass is 206 g/mol. The van der Waals surface area contributed by atoms with E-state index in [0.29, 0.717) is 0 Å². The molecule has 0 aliphatic carbocycles. The van der Waals surface area contributed by atoms with E-state index < -0.39 is 17.9 Å². The summed E-state index contributed by atoms with van der Waals surface area (Å²) in [6.45, 7) is 0. The molecule has 1 aromatic rings. The van der Waals surface area contributed by atoms with E-state index in [1.807, 2.05) is 0 Å². The van der Waals surface area contributed by atoms with Crippen LogP contribution >= 0.6 is 0 Å². The number of hydrogen-bond acceptors (Lipinski definition) is 3. The van der Waals surface area contributed by atoms with Crippen molar-refractivity contribution in [1.29, 1.82) is 0 Å². The Kier molecular flexibility index (Phi) is 2.64. The topological polar surface area (TPSA) is 46.5 Å². The summed E-state index contributed by atoms with van der Waals surface area (Å²) in [5, 5.41) is 8.87. The summed E-state index contributed by atoms with van der Waals surface area (Å²) in [4.78, 5) is 10.3. The quantitative estimate of drug-likeness (QED) is 0.753. The number of benzene rings is 1. The van der Waals surface area contributed by atoms with Crippen LogP contribution in [0.5, 0.6) is 11.5 Å². The van der Waals surface area contributed by atoms with E-state index in [1.165, 1.54) is 0 Å². The van der Waals surface area contributed by atoms with Gasteiger partial charge in [-0.2, -0.15) is 0 Å². The number of halogens is 3. The van der Waals surface area contributed by atoms with Gasteiger partial charge < -0.3 is 9.84 Å². The predicted octanol–water partition coefficient (Wildman–Crippen LogP) is 2.10. The van der Waals surface area contributed by atoms with Gasteiger partial charge in [0.25, 0.3) is 0 Å². The van der Waals surface area contributed by atoms with E-state index in [-0.39, 0.29) is 11.8 Å². The molecule has 0 aliphatic heterocycles. The summed E-state index contributed by atoms with van der Waals surface area (Å²) in [6, 6.07) is 2.84. The third kappa shape index (κ3) is 2.65. The minimum Gasteiger partial charge on any atom is -0.508 e. The molecule has 0 heterocycles. The second-order valence-corrected chi connectivity index (χ2v) is 2.39. The maximum Gasteiger partial charge on any atom is 0.573 e. The number of phenolic OH excluding ortho intramolecular Hbond substituents is 1. The molecule has 1 N–H and O–H groups in total. The maximum atomic E-state index is 11.8. The van der Waals surface area contributed by atoms with Crippen molar-refractivity contribution in [3.05, 3.63) is 23.8 Å². The lowest BCUT2D eigenvalue weighted by molar-refractivity contribution is -0.274. The Labute approximate surface area is 76.7 Å². The fourth-order valence-corrected chi connectivity index (χ4v) is 0.833. The van der Waals surface area contributed by atoms with Crippen LogP contribution in [0.2, 0.25) is 0 Å². The molecule has 0 aromatic heterocycles. The number of carbonyl (C=O) groups is 1. The molecule has 1 rings (SSSR count). The predicted molar refractivity (Wildman–Crippen MR) is 40.2 cm³/mol. The van der Waals surface area contributed by atoms with Gasteiger partial charge in [0, 0.05) is 6.07 Å². The number of phenols is 1. The molecule has 0 radical (unpaired) electrons. The lowest BCUT2D eigenvalue weighted by Crippen LogP contribution is -2.18. The molecule has 0 saturated heterocycles. The van der Waals surface area contributed by atoms with E-state index in [9.17, 15) is 18.0 Å². The number of alkyl halides is 3. The molecular formula is C8H5F3O3. The largest absolute Gasteiger partial charge is 0.573 e. The maximum absolute atomic E-state index is 11.8. The van der Waals surface area contributed by atoms with Gasteiger partial charge in [-0.3, -0.25) is 4.79 Å². The van der Waals surface area contributed by atoms with Crippen molar-refractivity contribution in [1.82, 2.24) is 0 Å². The zero-order valence-corrected chi connectivity index (χ0v) is 6.71. The molecule has 6 heteroatoms. The molecule has 0 amide bonds. The molecule has 0 fully saturated rings. The Hall–Kier alpha value is -1.72. The van der Waals surface area contributed by atoms with Gasteiger partial charge in [0.1, 0.15) is 11.5 Å². The second kappa shape index (κ2) is 3.57. The summed E-state index contributed by atoms with van der Waals surface area (Å²) in [6.07, 6.45) is -4.67. The van der Waals surface area contributed by atoms with Gasteiger partial charge in [-0.25, -0.2) is 0 Å². The average molecular weight is 206 g/mol. The third-order valence-electron chi connectivity index (χ3n) is 1.35. The highest BCUT2D eigenvalue weighted by Crippen LogP contribution is 2.28. The minimum atomic E-state index is -4.88. The van der Waals surface area contributed by atoms with E-state index in [1.54, 1.807) is 0 Å². The molecule has 0 unspecified atom stereocenters. The van der Waals surface area contributed by atoms with Crippen molar-refractivity contribution >= 4 is 6.29 Å². The van der Waals surface area contributed by atoms with Crippen LogP contribution in [0.15, 0.2) is 18.2 Å². The standard InChI is InChI=1S/C8H5F3O3/c9-8(10,11)14-7-3-6(13)2-1-5(7)4-12/h1-4,13H. The zero-order chi connectivity index (χ0) is 10.8. The first-order valence-electron chi connectivity index (χ1n) is 3.46. The van der Waals surface area contributed by atoms with Crippen molar-refractivity contribution in [3.8, 4) is 11.5 Å². The van der Waals surface area contributed by atoms with Crippen LogP contribution in [0.4, 0.5) is 13.2 Å². The Balaban J connectivity index is 3.05. The molecule has 0 spiro atoms. The molecule has 3 nitrogen and oxygen atoms in total. The lowest BCUT2D eigenvalue weighted by atomic mass is 10.2. The number of aldehydes is 1. The molecular weight excluding hydrogens is 201 g/mol. The van der Waals surface area contributed by atoms with E-state index >= 15 is 0 Å². The number of carbonyl (C=O) groups excluding carboxylic acids is 1.